The maximum Gasteiger partial charge on any atom is 0.224 e. The third-order valence-electron chi connectivity index (χ3n) is 4.42. The van der Waals surface area contributed by atoms with Crippen LogP contribution in [0.2, 0.25) is 0 Å². The summed E-state index contributed by atoms with van der Waals surface area (Å²) in [5, 5.41) is 7.51. The van der Waals surface area contributed by atoms with Crippen LogP contribution in [0.1, 0.15) is 13.3 Å². The highest BCUT2D eigenvalue weighted by atomic mass is 16.5. The number of benzene rings is 1. The van der Waals surface area contributed by atoms with Gasteiger partial charge in [0.1, 0.15) is 18.4 Å². The number of methoxy groups -OCH3 is 1. The van der Waals surface area contributed by atoms with Crippen LogP contribution in [0.3, 0.4) is 0 Å². The highest BCUT2D eigenvalue weighted by Crippen LogP contribution is 2.29. The molecule has 24 heavy (non-hydrogen) atoms. The van der Waals surface area contributed by atoms with Crippen LogP contribution in [0.5, 0.6) is 5.75 Å². The Hall–Kier alpha value is -2.57. The van der Waals surface area contributed by atoms with Crippen molar-refractivity contribution in [3.05, 3.63) is 36.9 Å². The lowest BCUT2D eigenvalue weighted by molar-refractivity contribution is -0.133. The summed E-state index contributed by atoms with van der Waals surface area (Å²) in [5.41, 5.74) is 1.09. The molecule has 0 bridgehead atoms. The quantitative estimate of drug-likeness (QED) is 0.830. The van der Waals surface area contributed by atoms with Gasteiger partial charge < -0.3 is 19.1 Å². The van der Waals surface area contributed by atoms with Gasteiger partial charge >= 0.3 is 0 Å². The molecule has 2 heterocycles. The number of nitrogens with zero attached hydrogens (tertiary/aromatic N) is 5. The minimum absolute atomic E-state index is 0.164. The van der Waals surface area contributed by atoms with Crippen molar-refractivity contribution in [3.8, 4) is 5.75 Å². The predicted octanol–water partition coefficient (Wildman–Crippen LogP) is 1.41. The van der Waals surface area contributed by atoms with Crippen molar-refractivity contribution < 1.29 is 9.53 Å². The summed E-state index contributed by atoms with van der Waals surface area (Å²) in [6, 6.07) is 8.18. The number of anilines is 1. The highest BCUT2D eigenvalue weighted by molar-refractivity contribution is 5.77. The molecule has 1 amide bonds. The average Bonchev–Trinajstić information content (AvgIpc) is 3.13. The summed E-state index contributed by atoms with van der Waals surface area (Å²) < 4.78 is 7.28. The minimum Gasteiger partial charge on any atom is -0.495 e. The molecule has 1 aromatic heterocycles. The number of aryl methyl sites for hydroxylation is 1. The van der Waals surface area contributed by atoms with Gasteiger partial charge in [-0.2, -0.15) is 0 Å². The maximum absolute atomic E-state index is 12.5. The van der Waals surface area contributed by atoms with Crippen LogP contribution in [0, 0.1) is 0 Å². The van der Waals surface area contributed by atoms with Crippen LogP contribution in [-0.4, -0.2) is 58.4 Å². The number of ether oxygens (including phenoxy) is 1. The van der Waals surface area contributed by atoms with Crippen LogP contribution in [0.25, 0.3) is 0 Å². The third kappa shape index (κ3) is 3.50. The van der Waals surface area contributed by atoms with E-state index in [2.05, 4.69) is 28.1 Å². The number of hydrogen-bond donors (Lipinski definition) is 0. The third-order valence-corrected chi connectivity index (χ3v) is 4.42. The van der Waals surface area contributed by atoms with Gasteiger partial charge in [-0.1, -0.05) is 12.1 Å². The first kappa shape index (κ1) is 16.3. The van der Waals surface area contributed by atoms with Gasteiger partial charge in [0.25, 0.3) is 0 Å². The molecular formula is C17H23N5O2. The molecule has 7 nitrogen and oxygen atoms in total. The number of carbonyl (C=O) groups is 1. The number of hydrogen-bond acceptors (Lipinski definition) is 5. The fourth-order valence-electron chi connectivity index (χ4n) is 3.14. The molecule has 1 aromatic carbocycles. The van der Waals surface area contributed by atoms with Crippen molar-refractivity contribution in [1.29, 1.82) is 0 Å². The number of piperazine rings is 1. The number of rotatable bonds is 5. The second kappa shape index (κ2) is 7.33. The first-order chi connectivity index (χ1) is 11.7. The van der Waals surface area contributed by atoms with Crippen molar-refractivity contribution in [1.82, 2.24) is 19.7 Å². The van der Waals surface area contributed by atoms with E-state index in [1.807, 2.05) is 27.7 Å². The molecule has 0 saturated carbocycles. The summed E-state index contributed by atoms with van der Waals surface area (Å²) in [5.74, 6) is 1.05. The number of aromatic nitrogens is 3. The maximum atomic E-state index is 12.5. The summed E-state index contributed by atoms with van der Waals surface area (Å²) in [4.78, 5) is 16.8. The first-order valence-electron chi connectivity index (χ1n) is 8.19. The molecule has 1 atom stereocenters. The Kier molecular flexibility index (Phi) is 4.98. The second-order valence-corrected chi connectivity index (χ2v) is 6.00. The molecule has 128 valence electrons. The fourth-order valence-corrected chi connectivity index (χ4v) is 3.14. The molecular weight excluding hydrogens is 306 g/mol. The molecule has 0 radical (unpaired) electrons. The smallest absolute Gasteiger partial charge is 0.224 e. The van der Waals surface area contributed by atoms with Gasteiger partial charge in [-0.3, -0.25) is 4.79 Å². The molecule has 1 aliphatic heterocycles. The Labute approximate surface area is 141 Å². The topological polar surface area (TPSA) is 63.5 Å². The van der Waals surface area contributed by atoms with Crippen molar-refractivity contribution in [3.63, 3.8) is 0 Å². The zero-order chi connectivity index (χ0) is 16.9. The van der Waals surface area contributed by atoms with E-state index in [0.717, 1.165) is 31.1 Å². The van der Waals surface area contributed by atoms with Gasteiger partial charge in [-0.25, -0.2) is 0 Å². The first-order valence-corrected chi connectivity index (χ1v) is 8.19. The average molecular weight is 329 g/mol. The van der Waals surface area contributed by atoms with E-state index < -0.39 is 0 Å². The van der Waals surface area contributed by atoms with Gasteiger partial charge in [-0.15, -0.1) is 10.2 Å². The largest absolute Gasteiger partial charge is 0.495 e. The lowest BCUT2D eigenvalue weighted by atomic mass is 10.1. The number of carbonyl (C=O) groups excluding carboxylic acids is 1. The Morgan fingerprint density at radius 1 is 1.25 bits per heavy atom. The molecule has 1 saturated heterocycles. The Morgan fingerprint density at radius 3 is 2.71 bits per heavy atom. The summed E-state index contributed by atoms with van der Waals surface area (Å²) in [6.07, 6.45) is 3.74. The molecule has 2 aromatic rings. The van der Waals surface area contributed by atoms with E-state index in [4.69, 9.17) is 4.74 Å². The van der Waals surface area contributed by atoms with Gasteiger partial charge in [0, 0.05) is 38.6 Å². The van der Waals surface area contributed by atoms with Crippen LogP contribution in [0.4, 0.5) is 5.69 Å². The van der Waals surface area contributed by atoms with Crippen molar-refractivity contribution in [2.75, 3.05) is 31.6 Å². The Balaban J connectivity index is 1.59. The molecule has 0 unspecified atom stereocenters. The molecule has 1 fully saturated rings. The van der Waals surface area contributed by atoms with E-state index in [0.29, 0.717) is 13.0 Å². The van der Waals surface area contributed by atoms with E-state index in [9.17, 15) is 4.79 Å². The molecule has 1 aliphatic rings. The van der Waals surface area contributed by atoms with Crippen LogP contribution < -0.4 is 9.64 Å². The van der Waals surface area contributed by atoms with E-state index in [1.165, 1.54) is 0 Å². The standard InChI is InChI=1S/C17H23N5O2/c1-14-11-21(15-5-3-4-6-16(15)24-2)9-10-22(14)17(23)7-8-20-12-18-19-13-20/h3-6,12-14H,7-11H2,1-2H3/t14-/m1/s1. The zero-order valence-electron chi connectivity index (χ0n) is 14.1. The number of amides is 1. The molecule has 0 aliphatic carbocycles. The second-order valence-electron chi connectivity index (χ2n) is 6.00. The molecule has 0 spiro atoms. The van der Waals surface area contributed by atoms with Crippen molar-refractivity contribution >= 4 is 11.6 Å². The summed E-state index contributed by atoms with van der Waals surface area (Å²) in [6.45, 7) is 5.05. The number of para-hydroxylation sites is 2. The molecule has 3 rings (SSSR count). The van der Waals surface area contributed by atoms with E-state index in [-0.39, 0.29) is 11.9 Å². The molecule has 0 N–H and O–H groups in total. The summed E-state index contributed by atoms with van der Waals surface area (Å²) in [7, 11) is 1.69. The SMILES string of the molecule is COc1ccccc1N1CCN(C(=O)CCn2cnnc2)[C@H](C)C1. The van der Waals surface area contributed by atoms with Gasteiger partial charge in [0.15, 0.2) is 0 Å². The monoisotopic (exact) mass is 329 g/mol. The van der Waals surface area contributed by atoms with Crippen LogP contribution in [-0.2, 0) is 11.3 Å². The highest BCUT2D eigenvalue weighted by Gasteiger charge is 2.28. The lowest BCUT2D eigenvalue weighted by Crippen LogP contribution is -2.54. The normalized spacial score (nSPS) is 17.8. The van der Waals surface area contributed by atoms with Crippen molar-refractivity contribution in [2.24, 2.45) is 0 Å². The van der Waals surface area contributed by atoms with E-state index in [1.54, 1.807) is 19.8 Å². The van der Waals surface area contributed by atoms with Crippen LogP contribution in [0.15, 0.2) is 36.9 Å². The summed E-state index contributed by atoms with van der Waals surface area (Å²) >= 11 is 0. The van der Waals surface area contributed by atoms with E-state index >= 15 is 0 Å². The Bertz CT molecular complexity index is 673. The molecule has 7 heteroatoms. The Morgan fingerprint density at radius 2 is 2.00 bits per heavy atom. The van der Waals surface area contributed by atoms with Gasteiger partial charge in [0.2, 0.25) is 5.91 Å². The lowest BCUT2D eigenvalue weighted by Gasteiger charge is -2.41. The minimum atomic E-state index is 0.164. The van der Waals surface area contributed by atoms with Crippen LogP contribution >= 0.6 is 0 Å². The van der Waals surface area contributed by atoms with Crippen molar-refractivity contribution in [2.45, 2.75) is 25.9 Å². The fraction of sp³-hybridized carbons (Fsp3) is 0.471. The van der Waals surface area contributed by atoms with Gasteiger partial charge in [-0.05, 0) is 19.1 Å². The van der Waals surface area contributed by atoms with Gasteiger partial charge in [0.05, 0.1) is 12.8 Å². The zero-order valence-corrected chi connectivity index (χ0v) is 14.1. The predicted molar refractivity (Wildman–Crippen MR) is 91.0 cm³/mol.